The van der Waals surface area contributed by atoms with E-state index in [1.54, 1.807) is 6.07 Å². The van der Waals surface area contributed by atoms with Crippen LogP contribution < -0.4 is 5.32 Å². The Morgan fingerprint density at radius 3 is 2.56 bits per heavy atom. The van der Waals surface area contributed by atoms with Crippen LogP contribution in [0.2, 0.25) is 5.02 Å². The van der Waals surface area contributed by atoms with E-state index in [4.69, 9.17) is 11.6 Å². The van der Waals surface area contributed by atoms with Crippen LogP contribution in [-0.4, -0.2) is 31.6 Å². The number of benzene rings is 1. The Bertz CT molecular complexity index is 382. The van der Waals surface area contributed by atoms with E-state index in [2.05, 4.69) is 31.2 Å². The van der Waals surface area contributed by atoms with Crippen LogP contribution in [0.25, 0.3) is 0 Å². The zero-order valence-electron chi connectivity index (χ0n) is 11.5. The topological polar surface area (TPSA) is 15.3 Å². The van der Waals surface area contributed by atoms with Crippen LogP contribution in [0.15, 0.2) is 18.2 Å². The minimum Gasteiger partial charge on any atom is -0.309 e. The average molecular weight is 273 g/mol. The Hall–Kier alpha value is -0.640. The molecule has 4 heteroatoms. The molecular formula is C14H22ClFN2. The molecule has 0 aliphatic heterocycles. The van der Waals surface area contributed by atoms with Crippen molar-refractivity contribution in [1.29, 1.82) is 0 Å². The number of hydrogen-bond donors (Lipinski definition) is 1. The Labute approximate surface area is 114 Å². The lowest BCUT2D eigenvalue weighted by Crippen LogP contribution is -2.32. The van der Waals surface area contributed by atoms with E-state index in [0.29, 0.717) is 11.1 Å². The highest BCUT2D eigenvalue weighted by Crippen LogP contribution is 2.24. The van der Waals surface area contributed by atoms with Crippen molar-refractivity contribution < 1.29 is 4.39 Å². The maximum Gasteiger partial charge on any atom is 0.124 e. The molecule has 1 aromatic rings. The normalized spacial score (nSPS) is 14.8. The van der Waals surface area contributed by atoms with Gasteiger partial charge in [0.2, 0.25) is 0 Å². The molecule has 1 aromatic carbocycles. The Morgan fingerprint density at radius 1 is 1.33 bits per heavy atom. The van der Waals surface area contributed by atoms with Crippen LogP contribution in [0.4, 0.5) is 4.39 Å². The molecule has 0 heterocycles. The lowest BCUT2D eigenvalue weighted by atomic mass is 10.1. The van der Waals surface area contributed by atoms with E-state index in [1.165, 1.54) is 12.1 Å². The average Bonchev–Trinajstić information content (AvgIpc) is 2.26. The van der Waals surface area contributed by atoms with Gasteiger partial charge in [0.25, 0.3) is 0 Å². The summed E-state index contributed by atoms with van der Waals surface area (Å²) in [6.07, 6.45) is 1.07. The van der Waals surface area contributed by atoms with Gasteiger partial charge in [0.15, 0.2) is 0 Å². The lowest BCUT2D eigenvalue weighted by Gasteiger charge is -2.22. The van der Waals surface area contributed by atoms with Crippen molar-refractivity contribution in [3.63, 3.8) is 0 Å². The van der Waals surface area contributed by atoms with Gasteiger partial charge in [-0.15, -0.1) is 0 Å². The second-order valence-corrected chi connectivity index (χ2v) is 5.45. The highest BCUT2D eigenvalue weighted by atomic mass is 35.5. The van der Waals surface area contributed by atoms with Crippen LogP contribution in [-0.2, 0) is 0 Å². The highest BCUT2D eigenvalue weighted by Gasteiger charge is 2.13. The van der Waals surface area contributed by atoms with E-state index in [9.17, 15) is 4.39 Å². The molecule has 102 valence electrons. The monoisotopic (exact) mass is 272 g/mol. The van der Waals surface area contributed by atoms with Crippen molar-refractivity contribution in [3.8, 4) is 0 Å². The lowest BCUT2D eigenvalue weighted by molar-refractivity contribution is 0.354. The molecule has 1 N–H and O–H groups in total. The van der Waals surface area contributed by atoms with Gasteiger partial charge < -0.3 is 10.2 Å². The summed E-state index contributed by atoms with van der Waals surface area (Å²) in [6.45, 7) is 5.24. The summed E-state index contributed by atoms with van der Waals surface area (Å²) in [7, 11) is 4.12. The quantitative estimate of drug-likeness (QED) is 0.853. The summed E-state index contributed by atoms with van der Waals surface area (Å²) in [5, 5.41) is 3.96. The molecule has 2 nitrogen and oxygen atoms in total. The number of nitrogens with one attached hydrogen (secondary N) is 1. The SMILES string of the molecule is CC(CCN(C)C)NC(C)c1ccc(F)cc1Cl. The highest BCUT2D eigenvalue weighted by molar-refractivity contribution is 6.31. The largest absolute Gasteiger partial charge is 0.309 e. The molecule has 2 unspecified atom stereocenters. The van der Waals surface area contributed by atoms with Crippen LogP contribution in [0.3, 0.4) is 0 Å². The van der Waals surface area contributed by atoms with E-state index in [0.717, 1.165) is 18.5 Å². The molecule has 0 fully saturated rings. The molecule has 0 aliphatic carbocycles. The minimum absolute atomic E-state index is 0.121. The molecule has 0 spiro atoms. The summed E-state index contributed by atoms with van der Waals surface area (Å²) in [6, 6.07) is 5.07. The van der Waals surface area contributed by atoms with Crippen LogP contribution >= 0.6 is 11.6 Å². The van der Waals surface area contributed by atoms with Crippen LogP contribution in [0, 0.1) is 5.82 Å². The summed E-state index contributed by atoms with van der Waals surface area (Å²) in [5.41, 5.74) is 0.940. The zero-order valence-corrected chi connectivity index (χ0v) is 12.3. The predicted octanol–water partition coefficient (Wildman–Crippen LogP) is 3.47. The van der Waals surface area contributed by atoms with Crippen molar-refractivity contribution in [2.24, 2.45) is 0 Å². The first-order chi connectivity index (χ1) is 8.40. The molecule has 18 heavy (non-hydrogen) atoms. The minimum atomic E-state index is -0.295. The van der Waals surface area contributed by atoms with Gasteiger partial charge in [0, 0.05) is 17.1 Å². The molecule has 2 atom stereocenters. The summed E-state index contributed by atoms with van der Waals surface area (Å²) < 4.78 is 13.0. The van der Waals surface area contributed by atoms with Gasteiger partial charge in [0.05, 0.1) is 0 Å². The standard InChI is InChI=1S/C14H22ClFN2/c1-10(7-8-18(3)4)17-11(2)13-6-5-12(16)9-14(13)15/h5-6,9-11,17H,7-8H2,1-4H3. The Morgan fingerprint density at radius 2 is 2.00 bits per heavy atom. The summed E-state index contributed by atoms with van der Waals surface area (Å²) in [5.74, 6) is -0.295. The number of hydrogen-bond acceptors (Lipinski definition) is 2. The first-order valence-corrected chi connectivity index (χ1v) is 6.63. The van der Waals surface area contributed by atoms with Gasteiger partial charge in [-0.1, -0.05) is 17.7 Å². The first kappa shape index (κ1) is 15.4. The number of nitrogens with zero attached hydrogens (tertiary/aromatic N) is 1. The van der Waals surface area contributed by atoms with E-state index in [-0.39, 0.29) is 11.9 Å². The predicted molar refractivity (Wildman–Crippen MR) is 75.6 cm³/mol. The van der Waals surface area contributed by atoms with Crippen molar-refractivity contribution in [2.75, 3.05) is 20.6 Å². The van der Waals surface area contributed by atoms with Gasteiger partial charge in [-0.05, 0) is 58.6 Å². The number of rotatable bonds is 6. The molecule has 0 amide bonds. The van der Waals surface area contributed by atoms with E-state index < -0.39 is 0 Å². The molecular weight excluding hydrogens is 251 g/mol. The third-order valence-corrected chi connectivity index (χ3v) is 3.30. The smallest absolute Gasteiger partial charge is 0.124 e. The second-order valence-electron chi connectivity index (χ2n) is 5.05. The van der Waals surface area contributed by atoms with Crippen molar-refractivity contribution in [3.05, 3.63) is 34.6 Å². The fraction of sp³-hybridized carbons (Fsp3) is 0.571. The molecule has 0 aromatic heterocycles. The summed E-state index contributed by atoms with van der Waals surface area (Å²) in [4.78, 5) is 2.16. The first-order valence-electron chi connectivity index (χ1n) is 6.26. The molecule has 0 bridgehead atoms. The number of halogens is 2. The van der Waals surface area contributed by atoms with E-state index >= 15 is 0 Å². The third-order valence-electron chi connectivity index (χ3n) is 2.97. The van der Waals surface area contributed by atoms with Crippen LogP contribution in [0.5, 0.6) is 0 Å². The fourth-order valence-electron chi connectivity index (χ4n) is 1.90. The van der Waals surface area contributed by atoms with Gasteiger partial charge >= 0.3 is 0 Å². The van der Waals surface area contributed by atoms with Crippen molar-refractivity contribution in [2.45, 2.75) is 32.4 Å². The second kappa shape index (κ2) is 7.07. The third kappa shape index (κ3) is 4.92. The maximum atomic E-state index is 13.0. The van der Waals surface area contributed by atoms with Crippen molar-refractivity contribution >= 4 is 11.6 Å². The molecule has 0 saturated carbocycles. The molecule has 0 saturated heterocycles. The van der Waals surface area contributed by atoms with Crippen LogP contribution in [0.1, 0.15) is 31.9 Å². The zero-order chi connectivity index (χ0) is 13.7. The molecule has 1 rings (SSSR count). The maximum absolute atomic E-state index is 13.0. The van der Waals surface area contributed by atoms with Gasteiger partial charge in [-0.2, -0.15) is 0 Å². The van der Waals surface area contributed by atoms with Gasteiger partial charge in [0.1, 0.15) is 5.82 Å². The Balaban J connectivity index is 2.56. The molecule has 0 radical (unpaired) electrons. The Kier molecular flexibility index (Phi) is 6.06. The fourth-order valence-corrected chi connectivity index (χ4v) is 2.24. The van der Waals surface area contributed by atoms with E-state index in [1.807, 2.05) is 6.92 Å². The molecule has 0 aliphatic rings. The summed E-state index contributed by atoms with van der Waals surface area (Å²) >= 11 is 6.05. The van der Waals surface area contributed by atoms with Gasteiger partial charge in [-0.3, -0.25) is 0 Å². The van der Waals surface area contributed by atoms with Gasteiger partial charge in [-0.25, -0.2) is 4.39 Å². The van der Waals surface area contributed by atoms with Crippen molar-refractivity contribution in [1.82, 2.24) is 10.2 Å².